The molecule has 0 radical (unpaired) electrons. The Labute approximate surface area is 144 Å². The highest BCUT2D eigenvalue weighted by Gasteiger charge is 2.18. The van der Waals surface area contributed by atoms with E-state index in [-0.39, 0.29) is 12.6 Å². The number of fused-ring (bicyclic) bond motifs is 1. The molecule has 0 aliphatic rings. The van der Waals surface area contributed by atoms with Gasteiger partial charge in [-0.15, -0.1) is 11.3 Å². The number of carbonyl (C=O) groups excluding carboxylic acids is 1. The fourth-order valence-corrected chi connectivity index (χ4v) is 3.17. The van der Waals surface area contributed by atoms with Gasteiger partial charge in [-0.1, -0.05) is 12.1 Å². The number of carbonyl (C=O) groups is 1. The van der Waals surface area contributed by atoms with Gasteiger partial charge in [0, 0.05) is 11.3 Å². The number of benzene rings is 2. The first-order valence-electron chi connectivity index (χ1n) is 7.63. The number of amides is 2. The van der Waals surface area contributed by atoms with Gasteiger partial charge in [0.25, 0.3) is 0 Å². The van der Waals surface area contributed by atoms with E-state index in [1.54, 1.807) is 25.2 Å². The number of hydrogen-bond acceptors (Lipinski definition) is 4. The molecular weight excluding hydrogens is 322 g/mol. The van der Waals surface area contributed by atoms with Crippen molar-refractivity contribution in [3.05, 3.63) is 48.5 Å². The summed E-state index contributed by atoms with van der Waals surface area (Å²) >= 11 is 1.64. The summed E-state index contributed by atoms with van der Waals surface area (Å²) in [4.78, 5) is 16.5. The molecule has 124 valence electrons. The Kier molecular flexibility index (Phi) is 4.51. The fraction of sp³-hybridized carbons (Fsp3) is 0.222. The molecule has 2 amide bonds. The monoisotopic (exact) mass is 341 g/mol. The molecule has 3 N–H and O–H groups in total. The number of aliphatic hydroxyl groups excluding tert-OH is 1. The number of aliphatic hydroxyl groups is 1. The van der Waals surface area contributed by atoms with Crippen LogP contribution in [-0.2, 0) is 0 Å². The van der Waals surface area contributed by atoms with Gasteiger partial charge >= 0.3 is 6.03 Å². The van der Waals surface area contributed by atoms with Gasteiger partial charge in [0.15, 0.2) is 0 Å². The van der Waals surface area contributed by atoms with Crippen LogP contribution in [0.1, 0.15) is 13.8 Å². The van der Waals surface area contributed by atoms with Crippen LogP contribution in [-0.4, -0.2) is 28.3 Å². The number of rotatable bonds is 4. The molecule has 0 spiro atoms. The van der Waals surface area contributed by atoms with Crippen LogP contribution < -0.4 is 10.6 Å². The average molecular weight is 341 g/mol. The molecule has 24 heavy (non-hydrogen) atoms. The van der Waals surface area contributed by atoms with Crippen LogP contribution in [0.4, 0.5) is 10.5 Å². The summed E-state index contributed by atoms with van der Waals surface area (Å²) in [7, 11) is 0. The minimum Gasteiger partial charge on any atom is -0.394 e. The molecule has 0 fully saturated rings. The van der Waals surface area contributed by atoms with E-state index in [1.807, 2.05) is 42.5 Å². The predicted molar refractivity (Wildman–Crippen MR) is 98.4 cm³/mol. The highest BCUT2D eigenvalue weighted by atomic mass is 32.1. The minimum absolute atomic E-state index is 0.128. The molecule has 2 aromatic carbocycles. The molecule has 1 heterocycles. The topological polar surface area (TPSA) is 74.2 Å². The highest BCUT2D eigenvalue weighted by Crippen LogP contribution is 2.30. The van der Waals surface area contributed by atoms with Crippen molar-refractivity contribution in [2.45, 2.75) is 19.4 Å². The Bertz CT molecular complexity index is 823. The number of aromatic nitrogens is 1. The maximum Gasteiger partial charge on any atom is 0.319 e. The maximum atomic E-state index is 11.9. The van der Waals surface area contributed by atoms with Gasteiger partial charge in [-0.05, 0) is 50.2 Å². The second kappa shape index (κ2) is 6.59. The van der Waals surface area contributed by atoms with E-state index in [1.165, 1.54) is 0 Å². The quantitative estimate of drug-likeness (QED) is 0.675. The van der Waals surface area contributed by atoms with Gasteiger partial charge in [-0.3, -0.25) is 0 Å². The lowest BCUT2D eigenvalue weighted by molar-refractivity contribution is 0.187. The van der Waals surface area contributed by atoms with Gasteiger partial charge in [0.1, 0.15) is 5.01 Å². The zero-order chi connectivity index (χ0) is 17.2. The second-order valence-electron chi connectivity index (χ2n) is 6.19. The molecule has 3 rings (SSSR count). The van der Waals surface area contributed by atoms with Gasteiger partial charge in [0.2, 0.25) is 0 Å². The van der Waals surface area contributed by atoms with Crippen LogP contribution in [0.3, 0.4) is 0 Å². The molecule has 3 aromatic rings. The van der Waals surface area contributed by atoms with E-state index in [2.05, 4.69) is 21.7 Å². The SMILES string of the molecule is CC(C)(CO)NC(=O)Nc1ccc(-c2nc3ccccc3s2)cc1. The molecule has 0 aliphatic heterocycles. The van der Waals surface area contributed by atoms with E-state index in [0.29, 0.717) is 5.69 Å². The Balaban J connectivity index is 1.72. The second-order valence-corrected chi connectivity index (χ2v) is 7.22. The Morgan fingerprint density at radius 1 is 1.17 bits per heavy atom. The van der Waals surface area contributed by atoms with Gasteiger partial charge in [-0.2, -0.15) is 0 Å². The van der Waals surface area contributed by atoms with E-state index < -0.39 is 5.54 Å². The molecular formula is C18H19N3O2S. The number of anilines is 1. The third kappa shape index (κ3) is 3.72. The first kappa shape index (κ1) is 16.4. The van der Waals surface area contributed by atoms with Crippen molar-refractivity contribution in [3.8, 4) is 10.6 Å². The largest absolute Gasteiger partial charge is 0.394 e. The first-order valence-corrected chi connectivity index (χ1v) is 8.44. The minimum atomic E-state index is -0.662. The van der Waals surface area contributed by atoms with E-state index in [4.69, 9.17) is 0 Å². The average Bonchev–Trinajstić information content (AvgIpc) is 2.99. The van der Waals surface area contributed by atoms with Crippen molar-refractivity contribution >= 4 is 33.3 Å². The zero-order valence-corrected chi connectivity index (χ0v) is 14.4. The Morgan fingerprint density at radius 3 is 2.54 bits per heavy atom. The fourth-order valence-electron chi connectivity index (χ4n) is 2.20. The summed E-state index contributed by atoms with van der Waals surface area (Å²) in [5, 5.41) is 15.6. The van der Waals surface area contributed by atoms with Crippen molar-refractivity contribution in [1.29, 1.82) is 0 Å². The molecule has 6 heteroatoms. The molecule has 0 saturated carbocycles. The lowest BCUT2D eigenvalue weighted by Gasteiger charge is -2.23. The van der Waals surface area contributed by atoms with E-state index >= 15 is 0 Å². The molecule has 0 bridgehead atoms. The summed E-state index contributed by atoms with van der Waals surface area (Å²) in [6.45, 7) is 3.38. The molecule has 0 saturated heterocycles. The van der Waals surface area contributed by atoms with Gasteiger partial charge < -0.3 is 15.7 Å². The molecule has 0 unspecified atom stereocenters. The first-order chi connectivity index (χ1) is 11.5. The predicted octanol–water partition coefficient (Wildman–Crippen LogP) is 3.86. The van der Waals surface area contributed by atoms with Crippen LogP contribution in [0.5, 0.6) is 0 Å². The molecule has 1 aromatic heterocycles. The van der Waals surface area contributed by atoms with Crippen molar-refractivity contribution in [3.63, 3.8) is 0 Å². The Hall–Kier alpha value is -2.44. The summed E-state index contributed by atoms with van der Waals surface area (Å²) in [6, 6.07) is 15.2. The van der Waals surface area contributed by atoms with Gasteiger partial charge in [-0.25, -0.2) is 9.78 Å². The lowest BCUT2D eigenvalue weighted by Crippen LogP contribution is -2.48. The molecule has 5 nitrogen and oxygen atoms in total. The van der Waals surface area contributed by atoms with Crippen LogP contribution >= 0.6 is 11.3 Å². The summed E-state index contributed by atoms with van der Waals surface area (Å²) < 4.78 is 1.15. The van der Waals surface area contributed by atoms with Crippen molar-refractivity contribution in [2.75, 3.05) is 11.9 Å². The van der Waals surface area contributed by atoms with Crippen molar-refractivity contribution in [1.82, 2.24) is 10.3 Å². The van der Waals surface area contributed by atoms with Crippen LogP contribution in [0.25, 0.3) is 20.8 Å². The van der Waals surface area contributed by atoms with Crippen LogP contribution in [0.15, 0.2) is 48.5 Å². The number of para-hydroxylation sites is 1. The third-order valence-electron chi connectivity index (χ3n) is 3.53. The lowest BCUT2D eigenvalue weighted by atomic mass is 10.1. The smallest absolute Gasteiger partial charge is 0.319 e. The highest BCUT2D eigenvalue weighted by molar-refractivity contribution is 7.21. The standard InChI is InChI=1S/C18H19N3O2S/c1-18(2,11-22)21-17(23)19-13-9-7-12(8-10-13)16-20-14-5-3-4-6-15(14)24-16/h3-10,22H,11H2,1-2H3,(H2,19,21,23). The molecule has 0 atom stereocenters. The molecule has 0 aliphatic carbocycles. The van der Waals surface area contributed by atoms with Crippen LogP contribution in [0.2, 0.25) is 0 Å². The van der Waals surface area contributed by atoms with Gasteiger partial charge in [0.05, 0.1) is 22.4 Å². The summed E-state index contributed by atoms with van der Waals surface area (Å²) in [5.41, 5.74) is 2.03. The summed E-state index contributed by atoms with van der Waals surface area (Å²) in [6.07, 6.45) is 0. The van der Waals surface area contributed by atoms with Crippen molar-refractivity contribution in [2.24, 2.45) is 0 Å². The maximum absolute atomic E-state index is 11.9. The van der Waals surface area contributed by atoms with E-state index in [9.17, 15) is 9.90 Å². The normalized spacial score (nSPS) is 11.5. The number of hydrogen-bond donors (Lipinski definition) is 3. The third-order valence-corrected chi connectivity index (χ3v) is 4.62. The number of thiazole rings is 1. The van der Waals surface area contributed by atoms with Crippen LogP contribution in [0, 0.1) is 0 Å². The summed E-state index contributed by atoms with van der Waals surface area (Å²) in [5.74, 6) is 0. The number of nitrogens with zero attached hydrogens (tertiary/aromatic N) is 1. The van der Waals surface area contributed by atoms with E-state index in [0.717, 1.165) is 20.8 Å². The zero-order valence-electron chi connectivity index (χ0n) is 13.5. The number of nitrogens with one attached hydrogen (secondary N) is 2. The Morgan fingerprint density at radius 2 is 1.88 bits per heavy atom. The number of urea groups is 1. The van der Waals surface area contributed by atoms with Crippen molar-refractivity contribution < 1.29 is 9.90 Å².